The summed E-state index contributed by atoms with van der Waals surface area (Å²) in [6.45, 7) is 2.11. The van der Waals surface area contributed by atoms with Crippen LogP contribution in [0.4, 0.5) is 5.69 Å². The zero-order valence-corrected chi connectivity index (χ0v) is 8.40. The van der Waals surface area contributed by atoms with Gasteiger partial charge in [-0.15, -0.1) is 0 Å². The number of nitrogens with two attached hydrogens (primary N) is 1. The molecule has 0 saturated heterocycles. The number of aryl methyl sites for hydroxylation is 1. The maximum atomic E-state index is 8.98. The Labute approximate surface area is 84.7 Å². The fourth-order valence-electron chi connectivity index (χ4n) is 1.37. The van der Waals surface area contributed by atoms with Gasteiger partial charge in [0.15, 0.2) is 0 Å². The first-order chi connectivity index (χ1) is 6.65. The van der Waals surface area contributed by atoms with E-state index in [0.717, 1.165) is 30.5 Å². The molecule has 0 saturated carbocycles. The normalized spacial score (nSPS) is 10.2. The van der Waals surface area contributed by atoms with E-state index in [1.165, 1.54) is 0 Å². The van der Waals surface area contributed by atoms with E-state index in [-0.39, 0.29) is 0 Å². The first kappa shape index (κ1) is 11.1. The fourth-order valence-corrected chi connectivity index (χ4v) is 1.37. The summed E-state index contributed by atoms with van der Waals surface area (Å²) in [7, 11) is -1.41. The summed E-state index contributed by atoms with van der Waals surface area (Å²) in [6, 6.07) is 5.12. The molecule has 0 amide bonds. The minimum atomic E-state index is -1.41. The molecule has 0 spiro atoms. The van der Waals surface area contributed by atoms with E-state index < -0.39 is 7.12 Å². The molecule has 1 aromatic rings. The van der Waals surface area contributed by atoms with Crippen LogP contribution in [-0.2, 0) is 6.42 Å². The third-order valence-electron chi connectivity index (χ3n) is 2.26. The van der Waals surface area contributed by atoms with Crippen molar-refractivity contribution in [3.8, 4) is 0 Å². The molecule has 3 nitrogen and oxygen atoms in total. The number of rotatable bonds is 4. The van der Waals surface area contributed by atoms with Gasteiger partial charge in [0.1, 0.15) is 0 Å². The zero-order chi connectivity index (χ0) is 10.6. The van der Waals surface area contributed by atoms with E-state index >= 15 is 0 Å². The molecule has 4 heteroatoms. The second-order valence-electron chi connectivity index (χ2n) is 3.44. The van der Waals surface area contributed by atoms with E-state index in [2.05, 4.69) is 6.92 Å². The lowest BCUT2D eigenvalue weighted by Gasteiger charge is -2.07. The summed E-state index contributed by atoms with van der Waals surface area (Å²) in [5, 5.41) is 18.0. The molecular weight excluding hydrogens is 177 g/mol. The molecule has 76 valence electrons. The van der Waals surface area contributed by atoms with E-state index in [1.807, 2.05) is 0 Å². The SMILES string of the molecule is CCCCc1cc(B(O)O)ccc1N. The van der Waals surface area contributed by atoms with E-state index in [1.54, 1.807) is 18.2 Å². The van der Waals surface area contributed by atoms with Gasteiger partial charge >= 0.3 is 7.12 Å². The molecule has 0 fully saturated rings. The van der Waals surface area contributed by atoms with Crippen molar-refractivity contribution >= 4 is 18.3 Å². The average molecular weight is 193 g/mol. The minimum absolute atomic E-state index is 0.505. The van der Waals surface area contributed by atoms with Crippen LogP contribution < -0.4 is 11.2 Å². The molecule has 0 aliphatic rings. The molecule has 1 rings (SSSR count). The molecule has 0 atom stereocenters. The van der Waals surface area contributed by atoms with Crippen LogP contribution >= 0.6 is 0 Å². The van der Waals surface area contributed by atoms with Gasteiger partial charge in [-0.1, -0.05) is 25.5 Å². The summed E-state index contributed by atoms with van der Waals surface area (Å²) < 4.78 is 0. The van der Waals surface area contributed by atoms with Crippen molar-refractivity contribution in [3.63, 3.8) is 0 Å². The molecular formula is C10H16BNO2. The fraction of sp³-hybridized carbons (Fsp3) is 0.400. The third kappa shape index (κ3) is 2.75. The molecule has 1 aromatic carbocycles. The Morgan fingerprint density at radius 3 is 2.64 bits per heavy atom. The number of benzene rings is 1. The molecule has 0 aliphatic heterocycles. The first-order valence-electron chi connectivity index (χ1n) is 4.89. The monoisotopic (exact) mass is 193 g/mol. The Bertz CT molecular complexity index is 302. The predicted molar refractivity (Wildman–Crippen MR) is 59.3 cm³/mol. The van der Waals surface area contributed by atoms with Gasteiger partial charge in [-0.3, -0.25) is 0 Å². The smallest absolute Gasteiger partial charge is 0.423 e. The van der Waals surface area contributed by atoms with Crippen LogP contribution in [0.1, 0.15) is 25.3 Å². The lowest BCUT2D eigenvalue weighted by Crippen LogP contribution is -2.30. The summed E-state index contributed by atoms with van der Waals surface area (Å²) in [5.74, 6) is 0. The van der Waals surface area contributed by atoms with E-state index in [9.17, 15) is 0 Å². The van der Waals surface area contributed by atoms with Gasteiger partial charge in [0, 0.05) is 5.69 Å². The Kier molecular flexibility index (Phi) is 3.98. The Hall–Kier alpha value is -0.995. The van der Waals surface area contributed by atoms with Crippen LogP contribution in [0, 0.1) is 0 Å². The van der Waals surface area contributed by atoms with Crippen molar-refractivity contribution in [2.24, 2.45) is 0 Å². The molecule has 0 heterocycles. The van der Waals surface area contributed by atoms with Crippen molar-refractivity contribution in [3.05, 3.63) is 23.8 Å². The zero-order valence-electron chi connectivity index (χ0n) is 8.40. The minimum Gasteiger partial charge on any atom is -0.423 e. The summed E-state index contributed by atoms with van der Waals surface area (Å²) in [5.41, 5.74) is 7.99. The number of hydrogen-bond donors (Lipinski definition) is 3. The largest absolute Gasteiger partial charge is 0.488 e. The first-order valence-corrected chi connectivity index (χ1v) is 4.89. The van der Waals surface area contributed by atoms with Gasteiger partial charge in [-0.2, -0.15) is 0 Å². The molecule has 14 heavy (non-hydrogen) atoms. The second-order valence-corrected chi connectivity index (χ2v) is 3.44. The highest BCUT2D eigenvalue weighted by Gasteiger charge is 2.11. The Morgan fingerprint density at radius 1 is 1.36 bits per heavy atom. The highest BCUT2D eigenvalue weighted by Crippen LogP contribution is 2.12. The van der Waals surface area contributed by atoms with Gasteiger partial charge in [0.2, 0.25) is 0 Å². The Morgan fingerprint density at radius 2 is 2.07 bits per heavy atom. The van der Waals surface area contributed by atoms with Gasteiger partial charge in [-0.25, -0.2) is 0 Å². The number of nitrogen functional groups attached to an aromatic ring is 1. The molecule has 0 bridgehead atoms. The van der Waals surface area contributed by atoms with Crippen LogP contribution in [0.3, 0.4) is 0 Å². The van der Waals surface area contributed by atoms with Crippen LogP contribution in [0.5, 0.6) is 0 Å². The highest BCUT2D eigenvalue weighted by molar-refractivity contribution is 6.58. The molecule has 0 radical (unpaired) electrons. The van der Waals surface area contributed by atoms with Crippen molar-refractivity contribution in [2.75, 3.05) is 5.73 Å². The van der Waals surface area contributed by atoms with E-state index in [0.29, 0.717) is 5.46 Å². The van der Waals surface area contributed by atoms with Gasteiger partial charge < -0.3 is 15.8 Å². The quantitative estimate of drug-likeness (QED) is 0.475. The summed E-state index contributed by atoms with van der Waals surface area (Å²) >= 11 is 0. The van der Waals surface area contributed by atoms with Crippen molar-refractivity contribution < 1.29 is 10.0 Å². The standard InChI is InChI=1S/C10H16BNO2/c1-2-3-4-8-7-9(11(13)14)5-6-10(8)12/h5-7,13-14H,2-4,12H2,1H3. The lowest BCUT2D eigenvalue weighted by atomic mass is 9.79. The maximum Gasteiger partial charge on any atom is 0.488 e. The van der Waals surface area contributed by atoms with Gasteiger partial charge in [0.05, 0.1) is 0 Å². The van der Waals surface area contributed by atoms with Gasteiger partial charge in [-0.05, 0) is 29.9 Å². The Balaban J connectivity index is 2.85. The molecule has 0 aromatic heterocycles. The van der Waals surface area contributed by atoms with Crippen molar-refractivity contribution in [2.45, 2.75) is 26.2 Å². The van der Waals surface area contributed by atoms with Crippen molar-refractivity contribution in [1.82, 2.24) is 0 Å². The van der Waals surface area contributed by atoms with Gasteiger partial charge in [0.25, 0.3) is 0 Å². The molecule has 0 aliphatic carbocycles. The van der Waals surface area contributed by atoms with Crippen molar-refractivity contribution in [1.29, 1.82) is 0 Å². The summed E-state index contributed by atoms with van der Waals surface area (Å²) in [6.07, 6.45) is 3.06. The third-order valence-corrected chi connectivity index (χ3v) is 2.26. The highest BCUT2D eigenvalue weighted by atomic mass is 16.4. The molecule has 4 N–H and O–H groups in total. The van der Waals surface area contributed by atoms with E-state index in [4.69, 9.17) is 15.8 Å². The number of hydrogen-bond acceptors (Lipinski definition) is 3. The number of unbranched alkanes of at least 4 members (excludes halogenated alkanes) is 1. The second kappa shape index (κ2) is 5.03. The van der Waals surface area contributed by atoms with Crippen LogP contribution in [0.15, 0.2) is 18.2 Å². The van der Waals surface area contributed by atoms with Crippen LogP contribution in [0.2, 0.25) is 0 Å². The molecule has 0 unspecified atom stereocenters. The topological polar surface area (TPSA) is 66.5 Å². The maximum absolute atomic E-state index is 8.98. The van der Waals surface area contributed by atoms with Crippen LogP contribution in [0.25, 0.3) is 0 Å². The average Bonchev–Trinajstić information content (AvgIpc) is 2.16. The number of anilines is 1. The predicted octanol–water partition coefficient (Wildman–Crippen LogP) is 0.291. The lowest BCUT2D eigenvalue weighted by molar-refractivity contribution is 0.425. The van der Waals surface area contributed by atoms with Crippen LogP contribution in [-0.4, -0.2) is 17.2 Å². The summed E-state index contributed by atoms with van der Waals surface area (Å²) in [4.78, 5) is 0.